The first-order valence-electron chi connectivity index (χ1n) is 2.99. The Balaban J connectivity index is 3.20. The van der Waals surface area contributed by atoms with Crippen LogP contribution in [0.3, 0.4) is 0 Å². The Morgan fingerprint density at radius 3 is 2.58 bits per heavy atom. The summed E-state index contributed by atoms with van der Waals surface area (Å²) in [6, 6.07) is 5.33. The van der Waals surface area contributed by atoms with Gasteiger partial charge in [-0.05, 0) is 0 Å². The van der Waals surface area contributed by atoms with Gasteiger partial charge in [0.05, 0.1) is 6.07 Å². The molecular formula is C7H2N5. The van der Waals surface area contributed by atoms with Crippen LogP contribution in [0.5, 0.6) is 0 Å². The number of nitriles is 3. The zero-order chi connectivity index (χ0) is 8.97. The first-order chi connectivity index (χ1) is 5.83. The molecule has 0 bridgehead atoms. The molecule has 55 valence electrons. The van der Waals surface area contributed by atoms with Crippen molar-refractivity contribution < 1.29 is 0 Å². The molecule has 0 aromatic carbocycles. The summed E-state index contributed by atoms with van der Waals surface area (Å²) in [6.45, 7) is -0.0163. The monoisotopic (exact) mass is 156 g/mol. The molecule has 1 heterocycles. The van der Waals surface area contributed by atoms with Crippen molar-refractivity contribution in [2.75, 3.05) is 0 Å². The molecule has 0 aliphatic heterocycles. The Morgan fingerprint density at radius 1 is 1.33 bits per heavy atom. The maximum atomic E-state index is 8.55. The molecule has 1 radical (unpaired) electrons. The molecule has 0 spiro atoms. The summed E-state index contributed by atoms with van der Waals surface area (Å²) in [5.41, 5.74) is 0.0896. The summed E-state index contributed by atoms with van der Waals surface area (Å²) in [6.07, 6.45) is 2.38. The van der Waals surface area contributed by atoms with Crippen LogP contribution in [0.25, 0.3) is 0 Å². The number of aromatic nitrogens is 2. The highest BCUT2D eigenvalue weighted by molar-refractivity contribution is 5.35. The lowest BCUT2D eigenvalue weighted by atomic mass is 10.3. The van der Waals surface area contributed by atoms with Gasteiger partial charge >= 0.3 is 0 Å². The molecule has 0 unspecified atom stereocenters. The van der Waals surface area contributed by atoms with Crippen molar-refractivity contribution in [3.05, 3.63) is 17.7 Å². The fourth-order valence-electron chi connectivity index (χ4n) is 0.718. The maximum Gasteiger partial charge on any atom is 0.179 e. The predicted octanol–water partition coefficient (Wildman–Crippen LogP) is -0.0498. The van der Waals surface area contributed by atoms with Crippen molar-refractivity contribution in [2.45, 2.75) is 6.54 Å². The van der Waals surface area contributed by atoms with E-state index in [1.807, 2.05) is 6.07 Å². The average Bonchev–Trinajstić information content (AvgIpc) is 2.47. The van der Waals surface area contributed by atoms with Crippen molar-refractivity contribution in [3.63, 3.8) is 0 Å². The largest absolute Gasteiger partial charge is 0.298 e. The quantitative estimate of drug-likeness (QED) is 0.570. The number of hydrogen-bond acceptors (Lipinski definition) is 4. The molecule has 12 heavy (non-hydrogen) atoms. The minimum atomic E-state index is -0.0163. The number of rotatable bonds is 1. The SMILES string of the molecule is N#CCn1[c]nc(C#N)c1C#N. The van der Waals surface area contributed by atoms with E-state index in [0.717, 1.165) is 0 Å². The second kappa shape index (κ2) is 3.18. The van der Waals surface area contributed by atoms with Gasteiger partial charge in [-0.3, -0.25) is 4.57 Å². The molecule has 0 aliphatic carbocycles. The lowest BCUT2D eigenvalue weighted by Crippen LogP contribution is -1.97. The number of hydrogen-bond donors (Lipinski definition) is 0. The Bertz CT molecular complexity index is 408. The molecule has 0 atom stereocenters. The Morgan fingerprint density at radius 2 is 2.08 bits per heavy atom. The highest BCUT2D eigenvalue weighted by Gasteiger charge is 2.09. The molecule has 0 N–H and O–H groups in total. The van der Waals surface area contributed by atoms with Gasteiger partial charge in [-0.2, -0.15) is 15.8 Å². The van der Waals surface area contributed by atoms with Crippen LogP contribution in [0.1, 0.15) is 11.4 Å². The van der Waals surface area contributed by atoms with Gasteiger partial charge in [0, 0.05) is 0 Å². The third kappa shape index (κ3) is 1.10. The van der Waals surface area contributed by atoms with E-state index < -0.39 is 0 Å². The molecule has 1 aromatic rings. The molecule has 5 nitrogen and oxygen atoms in total. The van der Waals surface area contributed by atoms with Crippen LogP contribution < -0.4 is 0 Å². The van der Waals surface area contributed by atoms with E-state index in [0.29, 0.717) is 0 Å². The van der Waals surface area contributed by atoms with Crippen molar-refractivity contribution in [2.24, 2.45) is 0 Å². The van der Waals surface area contributed by atoms with E-state index >= 15 is 0 Å². The Labute approximate surface area is 68.7 Å². The van der Waals surface area contributed by atoms with E-state index in [-0.39, 0.29) is 17.9 Å². The number of imidazole rings is 1. The van der Waals surface area contributed by atoms with Crippen LogP contribution in [0, 0.1) is 40.3 Å². The second-order valence-electron chi connectivity index (χ2n) is 1.88. The van der Waals surface area contributed by atoms with E-state index in [1.165, 1.54) is 4.57 Å². The molecule has 0 amide bonds. The zero-order valence-electron chi connectivity index (χ0n) is 5.94. The fraction of sp³-hybridized carbons (Fsp3) is 0.143. The highest BCUT2D eigenvalue weighted by atomic mass is 15.1. The molecule has 1 aromatic heterocycles. The summed E-state index contributed by atoms with van der Waals surface area (Å²) in [7, 11) is 0. The summed E-state index contributed by atoms with van der Waals surface area (Å²) < 4.78 is 1.21. The van der Waals surface area contributed by atoms with Crippen molar-refractivity contribution in [1.82, 2.24) is 9.55 Å². The first kappa shape index (κ1) is 7.78. The van der Waals surface area contributed by atoms with Gasteiger partial charge in [0.15, 0.2) is 17.7 Å². The molecular weight excluding hydrogens is 154 g/mol. The third-order valence-electron chi connectivity index (χ3n) is 1.22. The second-order valence-corrected chi connectivity index (χ2v) is 1.88. The van der Waals surface area contributed by atoms with Crippen LogP contribution in [-0.2, 0) is 6.54 Å². The zero-order valence-corrected chi connectivity index (χ0v) is 5.94. The van der Waals surface area contributed by atoms with Gasteiger partial charge in [0.2, 0.25) is 0 Å². The van der Waals surface area contributed by atoms with Gasteiger partial charge in [-0.1, -0.05) is 0 Å². The normalized spacial score (nSPS) is 8.08. The van der Waals surface area contributed by atoms with Crippen LogP contribution >= 0.6 is 0 Å². The van der Waals surface area contributed by atoms with Crippen molar-refractivity contribution in [3.8, 4) is 18.2 Å². The molecule has 5 heteroatoms. The summed E-state index contributed by atoms with van der Waals surface area (Å²) in [5.74, 6) is 0. The Kier molecular flexibility index (Phi) is 2.07. The Hall–Kier alpha value is -2.32. The topological polar surface area (TPSA) is 89.2 Å². The summed E-state index contributed by atoms with van der Waals surface area (Å²) in [5, 5.41) is 25.3. The first-order valence-corrected chi connectivity index (χ1v) is 2.99. The van der Waals surface area contributed by atoms with Crippen LogP contribution in [0.15, 0.2) is 0 Å². The van der Waals surface area contributed by atoms with E-state index in [9.17, 15) is 0 Å². The van der Waals surface area contributed by atoms with Gasteiger partial charge in [0.1, 0.15) is 18.7 Å². The molecule has 0 aliphatic rings. The molecule has 0 saturated carbocycles. The summed E-state index contributed by atoms with van der Waals surface area (Å²) >= 11 is 0. The van der Waals surface area contributed by atoms with E-state index in [2.05, 4.69) is 11.3 Å². The smallest absolute Gasteiger partial charge is 0.179 e. The highest BCUT2D eigenvalue weighted by Crippen LogP contribution is 2.02. The van der Waals surface area contributed by atoms with Gasteiger partial charge in [-0.15, -0.1) is 0 Å². The fourth-order valence-corrected chi connectivity index (χ4v) is 0.718. The standard InChI is InChI=1S/C7H2N5/c8-1-2-12-5-11-6(3-9)7(12)4-10/h2H2. The minimum absolute atomic E-state index is 0.00718. The van der Waals surface area contributed by atoms with Crippen LogP contribution in [0.4, 0.5) is 0 Å². The van der Waals surface area contributed by atoms with Gasteiger partial charge in [0.25, 0.3) is 0 Å². The van der Waals surface area contributed by atoms with Crippen molar-refractivity contribution in [1.29, 1.82) is 15.8 Å². The average molecular weight is 156 g/mol. The predicted molar refractivity (Wildman–Crippen MR) is 36.1 cm³/mol. The van der Waals surface area contributed by atoms with Crippen molar-refractivity contribution >= 4 is 0 Å². The lowest BCUT2D eigenvalue weighted by Gasteiger charge is -1.91. The van der Waals surface area contributed by atoms with E-state index in [4.69, 9.17) is 15.8 Å². The van der Waals surface area contributed by atoms with E-state index in [1.54, 1.807) is 12.1 Å². The lowest BCUT2D eigenvalue weighted by molar-refractivity contribution is 0.809. The molecule has 1 rings (SSSR count). The molecule has 0 saturated heterocycles. The third-order valence-corrected chi connectivity index (χ3v) is 1.22. The maximum absolute atomic E-state index is 8.55. The summed E-state index contributed by atoms with van der Waals surface area (Å²) in [4.78, 5) is 3.53. The van der Waals surface area contributed by atoms with Gasteiger partial charge < -0.3 is 0 Å². The number of nitrogens with zero attached hydrogens (tertiary/aromatic N) is 5. The van der Waals surface area contributed by atoms with Gasteiger partial charge in [-0.25, -0.2) is 4.98 Å². The van der Waals surface area contributed by atoms with Crippen LogP contribution in [-0.4, -0.2) is 9.55 Å². The van der Waals surface area contributed by atoms with Crippen LogP contribution in [0.2, 0.25) is 0 Å². The minimum Gasteiger partial charge on any atom is -0.298 e. The molecule has 0 fully saturated rings.